The maximum Gasteiger partial charge on any atom is 0.119 e. The Bertz CT molecular complexity index is 497. The van der Waals surface area contributed by atoms with Crippen LogP contribution in [-0.4, -0.2) is 12.1 Å². The molecule has 0 saturated heterocycles. The van der Waals surface area contributed by atoms with Crippen molar-refractivity contribution in [2.75, 3.05) is 12.4 Å². The van der Waals surface area contributed by atoms with Gasteiger partial charge in [-0.2, -0.15) is 0 Å². The van der Waals surface area contributed by atoms with Crippen molar-refractivity contribution < 1.29 is 4.74 Å². The Hall–Kier alpha value is -2.03. The zero-order valence-electron chi connectivity index (χ0n) is 10.1. The van der Waals surface area contributed by atoms with Crippen LogP contribution in [0.25, 0.3) is 0 Å². The Morgan fingerprint density at radius 2 is 2.12 bits per heavy atom. The van der Waals surface area contributed by atoms with Crippen molar-refractivity contribution in [1.29, 1.82) is 0 Å². The van der Waals surface area contributed by atoms with Gasteiger partial charge < -0.3 is 10.1 Å². The van der Waals surface area contributed by atoms with Gasteiger partial charge in [0.25, 0.3) is 0 Å². The second-order valence-corrected chi connectivity index (χ2v) is 3.89. The molecule has 0 fully saturated rings. The van der Waals surface area contributed by atoms with Crippen LogP contribution in [0.3, 0.4) is 0 Å². The molecule has 1 heterocycles. The lowest BCUT2D eigenvalue weighted by atomic mass is 10.2. The Balaban J connectivity index is 2.02. The van der Waals surface area contributed by atoms with E-state index in [9.17, 15) is 0 Å². The summed E-state index contributed by atoms with van der Waals surface area (Å²) in [4.78, 5) is 4.16. The lowest BCUT2D eigenvalue weighted by molar-refractivity contribution is 0.414. The largest absolute Gasteiger partial charge is 0.497 e. The predicted molar refractivity (Wildman–Crippen MR) is 69.3 cm³/mol. The highest BCUT2D eigenvalue weighted by atomic mass is 16.5. The molecule has 3 nitrogen and oxygen atoms in total. The first-order valence-corrected chi connectivity index (χ1v) is 5.57. The molecule has 0 atom stereocenters. The van der Waals surface area contributed by atoms with Gasteiger partial charge in [-0.25, -0.2) is 0 Å². The maximum atomic E-state index is 5.19. The van der Waals surface area contributed by atoms with Crippen LogP contribution in [0, 0.1) is 6.92 Å². The highest BCUT2D eigenvalue weighted by Gasteiger charge is 1.97. The minimum Gasteiger partial charge on any atom is -0.497 e. The minimum atomic E-state index is 0.778. The summed E-state index contributed by atoms with van der Waals surface area (Å²) in [5.74, 6) is 0.884. The second kappa shape index (κ2) is 5.34. The number of anilines is 1. The van der Waals surface area contributed by atoms with Gasteiger partial charge in [-0.1, -0.05) is 12.1 Å². The molecule has 0 saturated carbocycles. The number of ether oxygens (including phenoxy) is 1. The normalized spacial score (nSPS) is 10.0. The summed E-state index contributed by atoms with van der Waals surface area (Å²) in [5.41, 5.74) is 3.29. The van der Waals surface area contributed by atoms with E-state index >= 15 is 0 Å². The molecular formula is C14H16N2O. The molecule has 1 aromatic carbocycles. The van der Waals surface area contributed by atoms with Gasteiger partial charge in [-0.05, 0) is 36.8 Å². The number of rotatable bonds is 4. The van der Waals surface area contributed by atoms with Crippen LogP contribution < -0.4 is 10.1 Å². The number of nitrogens with zero attached hydrogens (tertiary/aromatic N) is 1. The fourth-order valence-electron chi connectivity index (χ4n) is 1.64. The van der Waals surface area contributed by atoms with E-state index in [1.165, 1.54) is 5.56 Å². The van der Waals surface area contributed by atoms with Crippen LogP contribution in [0.4, 0.5) is 5.69 Å². The average Bonchev–Trinajstić information content (AvgIpc) is 2.37. The van der Waals surface area contributed by atoms with E-state index in [0.717, 1.165) is 23.7 Å². The molecule has 0 bridgehead atoms. The molecule has 2 rings (SSSR count). The first-order chi connectivity index (χ1) is 8.28. The molecular weight excluding hydrogens is 212 g/mol. The van der Waals surface area contributed by atoms with Gasteiger partial charge in [0, 0.05) is 24.1 Å². The van der Waals surface area contributed by atoms with E-state index in [-0.39, 0.29) is 0 Å². The van der Waals surface area contributed by atoms with Gasteiger partial charge in [0.2, 0.25) is 0 Å². The Morgan fingerprint density at radius 3 is 2.88 bits per heavy atom. The van der Waals surface area contributed by atoms with Gasteiger partial charge in [-0.15, -0.1) is 0 Å². The lowest BCUT2D eigenvalue weighted by Crippen LogP contribution is -2.00. The molecule has 88 valence electrons. The molecule has 17 heavy (non-hydrogen) atoms. The molecule has 0 unspecified atom stereocenters. The molecule has 1 aromatic heterocycles. The van der Waals surface area contributed by atoms with Crippen LogP contribution in [0.15, 0.2) is 42.6 Å². The minimum absolute atomic E-state index is 0.778. The van der Waals surface area contributed by atoms with Crippen molar-refractivity contribution in [2.24, 2.45) is 0 Å². The number of pyridine rings is 1. The van der Waals surface area contributed by atoms with Crippen molar-refractivity contribution in [1.82, 2.24) is 4.98 Å². The summed E-state index contributed by atoms with van der Waals surface area (Å²) in [5, 5.41) is 3.36. The third kappa shape index (κ3) is 3.21. The molecule has 0 amide bonds. The van der Waals surface area contributed by atoms with Crippen LogP contribution in [0.2, 0.25) is 0 Å². The van der Waals surface area contributed by atoms with Crippen molar-refractivity contribution in [3.63, 3.8) is 0 Å². The van der Waals surface area contributed by atoms with Gasteiger partial charge >= 0.3 is 0 Å². The number of methoxy groups -OCH3 is 1. The Labute approximate surface area is 101 Å². The van der Waals surface area contributed by atoms with E-state index in [2.05, 4.69) is 16.4 Å². The molecule has 0 radical (unpaired) electrons. The van der Waals surface area contributed by atoms with Crippen molar-refractivity contribution >= 4 is 5.69 Å². The number of hydrogen-bond donors (Lipinski definition) is 1. The zero-order chi connectivity index (χ0) is 12.1. The summed E-state index contributed by atoms with van der Waals surface area (Å²) in [6, 6.07) is 12.0. The van der Waals surface area contributed by atoms with Crippen LogP contribution in [0.5, 0.6) is 5.75 Å². The van der Waals surface area contributed by atoms with E-state index in [4.69, 9.17) is 4.74 Å². The highest BCUT2D eigenvalue weighted by Crippen LogP contribution is 2.14. The number of benzene rings is 1. The summed E-state index contributed by atoms with van der Waals surface area (Å²) >= 11 is 0. The number of hydrogen-bond acceptors (Lipinski definition) is 3. The quantitative estimate of drug-likeness (QED) is 0.873. The monoisotopic (exact) mass is 228 g/mol. The Morgan fingerprint density at radius 1 is 1.24 bits per heavy atom. The standard InChI is InChI=1S/C14H16N2O/c1-11-8-13(6-7-15-11)16-10-12-4-3-5-14(9-12)17-2/h3-9H,10H2,1-2H3,(H,15,16). The molecule has 2 aromatic rings. The summed E-state index contributed by atoms with van der Waals surface area (Å²) in [6.07, 6.45) is 1.81. The number of aromatic nitrogens is 1. The number of aryl methyl sites for hydroxylation is 1. The SMILES string of the molecule is COc1cccc(CNc2ccnc(C)c2)c1. The molecule has 0 aliphatic carbocycles. The fraction of sp³-hybridized carbons (Fsp3) is 0.214. The predicted octanol–water partition coefficient (Wildman–Crippen LogP) is 3.01. The summed E-state index contributed by atoms with van der Waals surface area (Å²) < 4.78 is 5.19. The van der Waals surface area contributed by atoms with Crippen LogP contribution >= 0.6 is 0 Å². The maximum absolute atomic E-state index is 5.19. The zero-order valence-corrected chi connectivity index (χ0v) is 10.1. The molecule has 0 aliphatic rings. The van der Waals surface area contributed by atoms with E-state index < -0.39 is 0 Å². The average molecular weight is 228 g/mol. The fourth-order valence-corrected chi connectivity index (χ4v) is 1.64. The number of nitrogens with one attached hydrogen (secondary N) is 1. The van der Waals surface area contributed by atoms with Crippen LogP contribution in [-0.2, 0) is 6.54 Å². The molecule has 0 spiro atoms. The summed E-state index contributed by atoms with van der Waals surface area (Å²) in [7, 11) is 1.68. The first-order valence-electron chi connectivity index (χ1n) is 5.57. The third-order valence-electron chi connectivity index (χ3n) is 2.53. The van der Waals surface area contributed by atoms with Gasteiger partial charge in [-0.3, -0.25) is 4.98 Å². The van der Waals surface area contributed by atoms with Crippen molar-refractivity contribution in [3.8, 4) is 5.75 Å². The van der Waals surface area contributed by atoms with Crippen molar-refractivity contribution in [2.45, 2.75) is 13.5 Å². The second-order valence-electron chi connectivity index (χ2n) is 3.89. The van der Waals surface area contributed by atoms with Gasteiger partial charge in [0.05, 0.1) is 7.11 Å². The lowest BCUT2D eigenvalue weighted by Gasteiger charge is -2.08. The highest BCUT2D eigenvalue weighted by molar-refractivity contribution is 5.44. The topological polar surface area (TPSA) is 34.1 Å². The molecule has 0 aliphatic heterocycles. The van der Waals surface area contributed by atoms with E-state index in [1.54, 1.807) is 7.11 Å². The van der Waals surface area contributed by atoms with Crippen LogP contribution in [0.1, 0.15) is 11.3 Å². The Kier molecular flexibility index (Phi) is 3.60. The summed E-state index contributed by atoms with van der Waals surface area (Å²) in [6.45, 7) is 2.76. The van der Waals surface area contributed by atoms with E-state index in [0.29, 0.717) is 0 Å². The van der Waals surface area contributed by atoms with E-state index in [1.807, 2.05) is 43.5 Å². The van der Waals surface area contributed by atoms with Crippen molar-refractivity contribution in [3.05, 3.63) is 53.9 Å². The molecule has 3 heteroatoms. The third-order valence-corrected chi connectivity index (χ3v) is 2.53. The van der Waals surface area contributed by atoms with Gasteiger partial charge in [0.1, 0.15) is 5.75 Å². The van der Waals surface area contributed by atoms with Gasteiger partial charge in [0.15, 0.2) is 0 Å². The smallest absolute Gasteiger partial charge is 0.119 e. The molecule has 1 N–H and O–H groups in total. The first kappa shape index (κ1) is 11.5.